The largest absolute Gasteiger partial charge is 0.310 e. The smallest absolute Gasteiger partial charge is 0.0997 e. The van der Waals surface area contributed by atoms with E-state index in [1.54, 1.807) is 0 Å². The molecule has 3 nitrogen and oxygen atoms in total. The van der Waals surface area contributed by atoms with Crippen LogP contribution in [0.5, 0.6) is 0 Å². The van der Waals surface area contributed by atoms with Gasteiger partial charge in [-0.15, -0.1) is 0 Å². The maximum absolute atomic E-state index is 6.35. The number of benzene rings is 1. The minimum atomic E-state index is 0.426. The van der Waals surface area contributed by atoms with Crippen LogP contribution in [0, 0.1) is 13.8 Å². The van der Waals surface area contributed by atoms with Crippen molar-refractivity contribution in [2.24, 2.45) is 0 Å². The highest BCUT2D eigenvalue weighted by molar-refractivity contribution is 6.31. The van der Waals surface area contributed by atoms with E-state index in [-0.39, 0.29) is 0 Å². The summed E-state index contributed by atoms with van der Waals surface area (Å²) in [6.45, 7) is 9.10. The molecule has 0 aliphatic rings. The van der Waals surface area contributed by atoms with E-state index in [0.717, 1.165) is 34.2 Å². The van der Waals surface area contributed by atoms with Gasteiger partial charge in [-0.2, -0.15) is 0 Å². The molecular weight excluding hydrogens is 258 g/mol. The van der Waals surface area contributed by atoms with Gasteiger partial charge in [0.05, 0.1) is 17.7 Å². The van der Waals surface area contributed by atoms with E-state index in [9.17, 15) is 0 Å². The summed E-state index contributed by atoms with van der Waals surface area (Å²) in [5, 5.41) is 4.21. The Kier molecular flexibility index (Phi) is 4.27. The molecule has 0 unspecified atom stereocenters. The lowest BCUT2D eigenvalue weighted by molar-refractivity contribution is 0.587. The van der Waals surface area contributed by atoms with Gasteiger partial charge < -0.3 is 9.88 Å². The van der Waals surface area contributed by atoms with Crippen LogP contribution in [0.4, 0.5) is 0 Å². The van der Waals surface area contributed by atoms with E-state index in [4.69, 9.17) is 11.6 Å². The molecule has 2 aromatic rings. The minimum absolute atomic E-state index is 0.426. The second-order valence-corrected chi connectivity index (χ2v) is 5.47. The van der Waals surface area contributed by atoms with Gasteiger partial charge >= 0.3 is 0 Å². The van der Waals surface area contributed by atoms with Gasteiger partial charge in [-0.25, -0.2) is 4.98 Å². The molecule has 1 aromatic carbocycles. The van der Waals surface area contributed by atoms with E-state index in [0.29, 0.717) is 6.04 Å². The molecule has 102 valence electrons. The molecule has 0 aliphatic heterocycles. The molecular formula is C15H20ClN3. The lowest BCUT2D eigenvalue weighted by Crippen LogP contribution is -2.23. The number of hydrogen-bond acceptors (Lipinski definition) is 2. The Morgan fingerprint density at radius 3 is 2.63 bits per heavy atom. The van der Waals surface area contributed by atoms with Crippen molar-refractivity contribution in [3.63, 3.8) is 0 Å². The van der Waals surface area contributed by atoms with Crippen molar-refractivity contribution in [1.82, 2.24) is 14.9 Å². The molecule has 2 rings (SSSR count). The Hall–Kier alpha value is -1.32. The minimum Gasteiger partial charge on any atom is -0.310 e. The quantitative estimate of drug-likeness (QED) is 0.925. The fourth-order valence-corrected chi connectivity index (χ4v) is 2.23. The van der Waals surface area contributed by atoms with Gasteiger partial charge in [0.15, 0.2) is 0 Å². The predicted molar refractivity (Wildman–Crippen MR) is 80.0 cm³/mol. The summed E-state index contributed by atoms with van der Waals surface area (Å²) < 4.78 is 2.10. The molecule has 0 aliphatic carbocycles. The Morgan fingerprint density at radius 1 is 1.32 bits per heavy atom. The van der Waals surface area contributed by atoms with E-state index >= 15 is 0 Å². The second kappa shape index (κ2) is 5.76. The first kappa shape index (κ1) is 14.1. The average Bonchev–Trinajstić information content (AvgIpc) is 2.68. The maximum Gasteiger partial charge on any atom is 0.0997 e. The molecule has 19 heavy (non-hydrogen) atoms. The molecule has 0 atom stereocenters. The lowest BCUT2D eigenvalue weighted by atomic mass is 10.1. The number of aromatic nitrogens is 2. The van der Waals surface area contributed by atoms with E-state index in [2.05, 4.69) is 41.7 Å². The van der Waals surface area contributed by atoms with Gasteiger partial charge in [0.1, 0.15) is 0 Å². The van der Waals surface area contributed by atoms with Gasteiger partial charge in [-0.1, -0.05) is 31.5 Å². The molecule has 0 amide bonds. The highest BCUT2D eigenvalue weighted by Crippen LogP contribution is 2.25. The first-order valence-corrected chi connectivity index (χ1v) is 6.90. The number of nitrogens with zero attached hydrogens (tertiary/aromatic N) is 2. The van der Waals surface area contributed by atoms with Gasteiger partial charge in [0, 0.05) is 28.9 Å². The number of aryl methyl sites for hydroxylation is 1. The first-order chi connectivity index (χ1) is 9.00. The van der Waals surface area contributed by atoms with Crippen LogP contribution in [0.1, 0.15) is 30.8 Å². The highest BCUT2D eigenvalue weighted by Gasteiger charge is 2.12. The maximum atomic E-state index is 6.35. The third kappa shape index (κ3) is 2.99. The van der Waals surface area contributed by atoms with Gasteiger partial charge in [-0.3, -0.25) is 0 Å². The Labute approximate surface area is 119 Å². The zero-order valence-corrected chi connectivity index (χ0v) is 12.6. The average molecular weight is 278 g/mol. The van der Waals surface area contributed by atoms with Gasteiger partial charge in [0.2, 0.25) is 0 Å². The summed E-state index contributed by atoms with van der Waals surface area (Å²) in [7, 11) is 0. The molecule has 0 fully saturated rings. The monoisotopic (exact) mass is 277 g/mol. The van der Waals surface area contributed by atoms with Crippen LogP contribution < -0.4 is 5.32 Å². The normalized spacial score (nSPS) is 11.3. The van der Waals surface area contributed by atoms with Crippen LogP contribution in [-0.4, -0.2) is 15.6 Å². The van der Waals surface area contributed by atoms with Crippen molar-refractivity contribution in [2.75, 3.05) is 0 Å². The zero-order chi connectivity index (χ0) is 14.0. The van der Waals surface area contributed by atoms with Crippen LogP contribution in [0.2, 0.25) is 5.02 Å². The van der Waals surface area contributed by atoms with E-state index in [1.807, 2.05) is 25.4 Å². The van der Waals surface area contributed by atoms with Crippen molar-refractivity contribution >= 4 is 11.6 Å². The molecule has 0 saturated carbocycles. The van der Waals surface area contributed by atoms with Crippen molar-refractivity contribution in [2.45, 2.75) is 40.3 Å². The van der Waals surface area contributed by atoms with E-state index < -0.39 is 0 Å². The summed E-state index contributed by atoms with van der Waals surface area (Å²) in [5.74, 6) is 0. The van der Waals surface area contributed by atoms with Crippen molar-refractivity contribution in [3.8, 4) is 5.69 Å². The summed E-state index contributed by atoms with van der Waals surface area (Å²) in [4.78, 5) is 4.36. The number of imidazole rings is 1. The third-order valence-electron chi connectivity index (χ3n) is 3.29. The number of halogens is 1. The van der Waals surface area contributed by atoms with Gasteiger partial charge in [0.25, 0.3) is 0 Å². The van der Waals surface area contributed by atoms with Crippen molar-refractivity contribution in [3.05, 3.63) is 46.5 Å². The summed E-state index contributed by atoms with van der Waals surface area (Å²) in [6.07, 6.45) is 1.86. The Morgan fingerprint density at radius 2 is 2.05 bits per heavy atom. The lowest BCUT2D eigenvalue weighted by Gasteiger charge is -2.16. The van der Waals surface area contributed by atoms with E-state index in [1.165, 1.54) is 0 Å². The number of nitrogens with one attached hydrogen (secondary N) is 1. The van der Waals surface area contributed by atoms with Crippen molar-refractivity contribution < 1.29 is 0 Å². The third-order valence-corrected chi connectivity index (χ3v) is 3.65. The number of rotatable bonds is 4. The van der Waals surface area contributed by atoms with Crippen LogP contribution in [0.3, 0.4) is 0 Å². The molecule has 1 aromatic heterocycles. The van der Waals surface area contributed by atoms with Gasteiger partial charge in [-0.05, 0) is 26.0 Å². The molecule has 0 radical (unpaired) electrons. The Bertz CT molecular complexity index is 573. The molecule has 1 heterocycles. The van der Waals surface area contributed by atoms with Crippen LogP contribution >= 0.6 is 11.6 Å². The van der Waals surface area contributed by atoms with Crippen molar-refractivity contribution in [1.29, 1.82) is 0 Å². The molecule has 0 bridgehead atoms. The first-order valence-electron chi connectivity index (χ1n) is 6.52. The molecule has 0 saturated heterocycles. The fraction of sp³-hybridized carbons (Fsp3) is 0.400. The SMILES string of the molecule is Cc1ncn(-c2cccc(Cl)c2CNC(C)C)c1C. The standard InChI is InChI=1S/C15H20ClN3/c1-10(2)17-8-13-14(16)6-5-7-15(13)19-9-18-11(3)12(19)4/h5-7,9-10,17H,8H2,1-4H3. The Balaban J connectivity index is 2.45. The summed E-state index contributed by atoms with van der Waals surface area (Å²) >= 11 is 6.35. The second-order valence-electron chi connectivity index (χ2n) is 5.06. The molecule has 4 heteroatoms. The number of hydrogen-bond donors (Lipinski definition) is 1. The summed E-state index contributed by atoms with van der Waals surface area (Å²) in [6, 6.07) is 6.42. The molecule has 1 N–H and O–H groups in total. The summed E-state index contributed by atoms with van der Waals surface area (Å²) in [5.41, 5.74) is 4.40. The predicted octanol–water partition coefficient (Wildman–Crippen LogP) is 3.64. The highest BCUT2D eigenvalue weighted by atomic mass is 35.5. The topological polar surface area (TPSA) is 29.9 Å². The van der Waals surface area contributed by atoms with Crippen LogP contribution in [-0.2, 0) is 6.54 Å². The molecule has 0 spiro atoms. The van der Waals surface area contributed by atoms with Crippen LogP contribution in [0.25, 0.3) is 5.69 Å². The zero-order valence-electron chi connectivity index (χ0n) is 11.9. The fourth-order valence-electron chi connectivity index (χ4n) is 2.00. The van der Waals surface area contributed by atoms with Crippen LogP contribution in [0.15, 0.2) is 24.5 Å².